The van der Waals surface area contributed by atoms with Crippen LogP contribution in [-0.2, 0) is 6.42 Å². The fraction of sp³-hybridized carbons (Fsp3) is 0.667. The molecule has 0 amide bonds. The molecule has 1 saturated heterocycles. The zero-order valence-electron chi connectivity index (χ0n) is 13.1. The first-order chi connectivity index (χ1) is 9.79. The number of nitrogens with one attached hydrogen (secondary N) is 1. The van der Waals surface area contributed by atoms with Crippen molar-refractivity contribution in [1.29, 1.82) is 0 Å². The SMILES string of the molecule is CNCCC1CCN(C(C)CCc2ccccc2)CC1. The van der Waals surface area contributed by atoms with Crippen LogP contribution in [0.3, 0.4) is 0 Å². The Balaban J connectivity index is 1.68. The Morgan fingerprint density at radius 3 is 2.55 bits per heavy atom. The van der Waals surface area contributed by atoms with Gasteiger partial charge in [0.2, 0.25) is 0 Å². The van der Waals surface area contributed by atoms with Gasteiger partial charge in [0.25, 0.3) is 0 Å². The van der Waals surface area contributed by atoms with Gasteiger partial charge in [-0.1, -0.05) is 30.3 Å². The van der Waals surface area contributed by atoms with Crippen LogP contribution in [0.4, 0.5) is 0 Å². The third-order valence-corrected chi connectivity index (χ3v) is 4.77. The van der Waals surface area contributed by atoms with E-state index in [2.05, 4.69) is 54.5 Å². The van der Waals surface area contributed by atoms with Crippen LogP contribution in [0.5, 0.6) is 0 Å². The maximum atomic E-state index is 3.27. The molecule has 0 spiro atoms. The highest BCUT2D eigenvalue weighted by atomic mass is 15.2. The van der Waals surface area contributed by atoms with Crippen molar-refractivity contribution < 1.29 is 0 Å². The summed E-state index contributed by atoms with van der Waals surface area (Å²) in [7, 11) is 2.06. The minimum absolute atomic E-state index is 0.723. The average molecular weight is 274 g/mol. The van der Waals surface area contributed by atoms with E-state index in [9.17, 15) is 0 Å². The Kier molecular flexibility index (Phi) is 6.55. The predicted octanol–water partition coefficient (Wildman–Crippen LogP) is 3.33. The summed E-state index contributed by atoms with van der Waals surface area (Å²) in [6.45, 7) is 6.17. The topological polar surface area (TPSA) is 15.3 Å². The van der Waals surface area contributed by atoms with Gasteiger partial charge in [-0.2, -0.15) is 0 Å². The molecule has 1 aromatic carbocycles. The van der Waals surface area contributed by atoms with E-state index >= 15 is 0 Å². The molecular formula is C18H30N2. The van der Waals surface area contributed by atoms with E-state index in [0.717, 1.165) is 12.0 Å². The Hall–Kier alpha value is -0.860. The van der Waals surface area contributed by atoms with Gasteiger partial charge in [-0.15, -0.1) is 0 Å². The van der Waals surface area contributed by atoms with E-state index in [4.69, 9.17) is 0 Å². The lowest BCUT2D eigenvalue weighted by Gasteiger charge is -2.36. The number of aryl methyl sites for hydroxylation is 1. The molecule has 112 valence electrons. The van der Waals surface area contributed by atoms with Crippen molar-refractivity contribution in [1.82, 2.24) is 10.2 Å². The van der Waals surface area contributed by atoms with Gasteiger partial charge in [0, 0.05) is 6.04 Å². The largest absolute Gasteiger partial charge is 0.320 e. The molecule has 1 atom stereocenters. The van der Waals surface area contributed by atoms with Crippen molar-refractivity contribution in [2.75, 3.05) is 26.7 Å². The fourth-order valence-electron chi connectivity index (χ4n) is 3.23. The highest BCUT2D eigenvalue weighted by Crippen LogP contribution is 2.22. The highest BCUT2D eigenvalue weighted by molar-refractivity contribution is 5.14. The maximum Gasteiger partial charge on any atom is 0.00700 e. The van der Waals surface area contributed by atoms with Crippen molar-refractivity contribution in [2.24, 2.45) is 5.92 Å². The molecule has 0 bridgehead atoms. The first-order valence-electron chi connectivity index (χ1n) is 8.22. The van der Waals surface area contributed by atoms with E-state index in [1.54, 1.807) is 0 Å². The van der Waals surface area contributed by atoms with Crippen LogP contribution in [0.2, 0.25) is 0 Å². The van der Waals surface area contributed by atoms with E-state index in [1.165, 1.54) is 57.3 Å². The normalized spacial score (nSPS) is 19.1. The molecule has 2 nitrogen and oxygen atoms in total. The molecule has 1 fully saturated rings. The van der Waals surface area contributed by atoms with Gasteiger partial charge >= 0.3 is 0 Å². The van der Waals surface area contributed by atoms with Crippen LogP contribution in [0.25, 0.3) is 0 Å². The second-order valence-electron chi connectivity index (χ2n) is 6.24. The summed E-state index contributed by atoms with van der Waals surface area (Å²) in [5.41, 5.74) is 1.48. The molecule has 1 N–H and O–H groups in total. The molecule has 1 aliphatic heterocycles. The zero-order valence-corrected chi connectivity index (χ0v) is 13.1. The van der Waals surface area contributed by atoms with E-state index < -0.39 is 0 Å². The van der Waals surface area contributed by atoms with Gasteiger partial charge in [0.05, 0.1) is 0 Å². The maximum absolute atomic E-state index is 3.27. The lowest BCUT2D eigenvalue weighted by Crippen LogP contribution is -2.40. The van der Waals surface area contributed by atoms with Gasteiger partial charge in [-0.05, 0) is 77.2 Å². The summed E-state index contributed by atoms with van der Waals surface area (Å²) in [6.07, 6.45) is 6.62. The molecule has 1 heterocycles. The summed E-state index contributed by atoms with van der Waals surface area (Å²) >= 11 is 0. The van der Waals surface area contributed by atoms with E-state index in [-0.39, 0.29) is 0 Å². The van der Waals surface area contributed by atoms with Gasteiger partial charge in [0.1, 0.15) is 0 Å². The predicted molar refractivity (Wildman–Crippen MR) is 87.1 cm³/mol. The Bertz CT molecular complexity index is 355. The highest BCUT2D eigenvalue weighted by Gasteiger charge is 2.22. The molecule has 0 aliphatic carbocycles. The Morgan fingerprint density at radius 2 is 1.90 bits per heavy atom. The van der Waals surface area contributed by atoms with Crippen molar-refractivity contribution in [2.45, 2.75) is 45.1 Å². The fourth-order valence-corrected chi connectivity index (χ4v) is 3.23. The molecule has 20 heavy (non-hydrogen) atoms. The standard InChI is InChI=1S/C18H30N2/c1-16(8-9-17-6-4-3-5-7-17)20-14-11-18(12-15-20)10-13-19-2/h3-7,16,18-19H,8-15H2,1-2H3. The first kappa shape index (κ1) is 15.5. The zero-order chi connectivity index (χ0) is 14.2. The van der Waals surface area contributed by atoms with Crippen LogP contribution < -0.4 is 5.32 Å². The lowest BCUT2D eigenvalue weighted by atomic mass is 9.92. The smallest absolute Gasteiger partial charge is 0.00700 e. The quantitative estimate of drug-likeness (QED) is 0.820. The molecule has 1 aromatic rings. The van der Waals surface area contributed by atoms with Crippen LogP contribution in [-0.4, -0.2) is 37.6 Å². The Labute approximate surface area is 124 Å². The van der Waals surface area contributed by atoms with E-state index in [0.29, 0.717) is 0 Å². The summed E-state index contributed by atoms with van der Waals surface area (Å²) in [5, 5.41) is 3.27. The second kappa shape index (κ2) is 8.43. The summed E-state index contributed by atoms with van der Waals surface area (Å²) in [6, 6.07) is 11.6. The number of rotatable bonds is 7. The van der Waals surface area contributed by atoms with Crippen LogP contribution >= 0.6 is 0 Å². The molecule has 1 unspecified atom stereocenters. The van der Waals surface area contributed by atoms with Crippen molar-refractivity contribution >= 4 is 0 Å². The van der Waals surface area contributed by atoms with Crippen LogP contribution in [0.1, 0.15) is 38.2 Å². The number of benzene rings is 1. The van der Waals surface area contributed by atoms with Crippen molar-refractivity contribution in [3.05, 3.63) is 35.9 Å². The van der Waals surface area contributed by atoms with Gasteiger partial charge in [-0.3, -0.25) is 0 Å². The minimum Gasteiger partial charge on any atom is -0.320 e. The lowest BCUT2D eigenvalue weighted by molar-refractivity contribution is 0.132. The molecule has 0 saturated carbocycles. The third-order valence-electron chi connectivity index (χ3n) is 4.77. The van der Waals surface area contributed by atoms with Gasteiger partial charge < -0.3 is 10.2 Å². The first-order valence-corrected chi connectivity index (χ1v) is 8.22. The third kappa shape index (κ3) is 4.92. The molecular weight excluding hydrogens is 244 g/mol. The van der Waals surface area contributed by atoms with Crippen molar-refractivity contribution in [3.8, 4) is 0 Å². The number of hydrogen-bond acceptors (Lipinski definition) is 2. The summed E-state index contributed by atoms with van der Waals surface area (Å²) in [4.78, 5) is 2.69. The molecule has 1 aliphatic rings. The van der Waals surface area contributed by atoms with Crippen LogP contribution in [0.15, 0.2) is 30.3 Å². The van der Waals surface area contributed by atoms with E-state index in [1.807, 2.05) is 0 Å². The Morgan fingerprint density at radius 1 is 1.20 bits per heavy atom. The molecule has 2 heteroatoms. The second-order valence-corrected chi connectivity index (χ2v) is 6.24. The molecule has 0 aromatic heterocycles. The number of likely N-dealkylation sites (tertiary alicyclic amines) is 1. The van der Waals surface area contributed by atoms with Gasteiger partial charge in [-0.25, -0.2) is 0 Å². The minimum atomic E-state index is 0.723. The monoisotopic (exact) mass is 274 g/mol. The molecule has 2 rings (SSSR count). The summed E-state index contributed by atoms with van der Waals surface area (Å²) < 4.78 is 0. The van der Waals surface area contributed by atoms with Gasteiger partial charge in [0.15, 0.2) is 0 Å². The number of nitrogens with zero attached hydrogens (tertiary/aromatic N) is 1. The number of piperidine rings is 1. The average Bonchev–Trinajstić information content (AvgIpc) is 2.52. The van der Waals surface area contributed by atoms with Crippen molar-refractivity contribution in [3.63, 3.8) is 0 Å². The molecule has 0 radical (unpaired) electrons. The number of hydrogen-bond donors (Lipinski definition) is 1. The van der Waals surface area contributed by atoms with Crippen LogP contribution in [0, 0.1) is 5.92 Å². The summed E-state index contributed by atoms with van der Waals surface area (Å²) in [5.74, 6) is 0.944.